The van der Waals surface area contributed by atoms with E-state index >= 15 is 0 Å². The minimum absolute atomic E-state index is 0.0232. The number of esters is 1. The Morgan fingerprint density at radius 1 is 0.293 bits per heavy atom. The highest BCUT2D eigenvalue weighted by Crippen LogP contribution is 2.21. The molecule has 0 aliphatic rings. The van der Waals surface area contributed by atoms with Crippen molar-refractivity contribution in [3.8, 4) is 0 Å². The largest absolute Gasteiger partial charge is 0.466 e. The summed E-state index contributed by atoms with van der Waals surface area (Å²) in [6.45, 7) is 5.01. The van der Waals surface area contributed by atoms with Crippen LogP contribution < -0.4 is 5.32 Å². The van der Waals surface area contributed by atoms with Crippen LogP contribution in [-0.4, -0.2) is 47.4 Å². The van der Waals surface area contributed by atoms with Gasteiger partial charge in [-0.25, -0.2) is 0 Å². The third-order valence-corrected chi connectivity index (χ3v) is 20.2. The number of rotatable bonds is 81. The van der Waals surface area contributed by atoms with E-state index in [1.807, 2.05) is 0 Å². The fourth-order valence-corrected chi connectivity index (χ4v) is 13.8. The molecule has 0 aromatic rings. The van der Waals surface area contributed by atoms with E-state index in [0.717, 1.165) is 38.5 Å². The summed E-state index contributed by atoms with van der Waals surface area (Å²) in [4.78, 5) is 24.7. The Kier molecular flexibility index (Phi) is 80.3. The number of carbonyl (C=O) groups is 2. The van der Waals surface area contributed by atoms with Gasteiger partial charge in [-0.1, -0.05) is 423 Å². The van der Waals surface area contributed by atoms with Gasteiger partial charge in [-0.2, -0.15) is 0 Å². The minimum Gasteiger partial charge on any atom is -0.466 e. The van der Waals surface area contributed by atoms with E-state index in [2.05, 4.69) is 43.5 Å². The number of amides is 1. The lowest BCUT2D eigenvalue weighted by Gasteiger charge is -2.22. The van der Waals surface area contributed by atoms with Crippen molar-refractivity contribution in [1.29, 1.82) is 0 Å². The third kappa shape index (κ3) is 77.3. The van der Waals surface area contributed by atoms with Gasteiger partial charge in [0.05, 0.1) is 25.4 Å². The van der Waals surface area contributed by atoms with Crippen LogP contribution >= 0.6 is 0 Å². The Labute approximate surface area is 577 Å². The van der Waals surface area contributed by atoms with Gasteiger partial charge in [-0.05, 0) is 77.0 Å². The Hall–Kier alpha value is -1.66. The Balaban J connectivity index is 3.31. The molecule has 1 amide bonds. The molecular weight excluding hydrogens is 1130 g/mol. The van der Waals surface area contributed by atoms with Gasteiger partial charge in [0.2, 0.25) is 5.91 Å². The monoisotopic (exact) mass is 1290 g/mol. The molecule has 0 saturated carbocycles. The summed E-state index contributed by atoms with van der Waals surface area (Å²) in [7, 11) is 0. The molecule has 0 bridgehead atoms. The van der Waals surface area contributed by atoms with Crippen molar-refractivity contribution in [2.24, 2.45) is 0 Å². The highest BCUT2D eigenvalue weighted by molar-refractivity contribution is 5.76. The van der Waals surface area contributed by atoms with E-state index in [0.29, 0.717) is 25.9 Å². The van der Waals surface area contributed by atoms with Crippen molar-refractivity contribution in [3.63, 3.8) is 0 Å². The average Bonchev–Trinajstić information content (AvgIpc) is 3.60. The zero-order valence-electron chi connectivity index (χ0n) is 62.8. The summed E-state index contributed by atoms with van der Waals surface area (Å²) in [6.07, 6.45) is 106. The summed E-state index contributed by atoms with van der Waals surface area (Å²) in [5.74, 6) is -0.00280. The Morgan fingerprint density at radius 3 is 0.772 bits per heavy atom. The van der Waals surface area contributed by atoms with Crippen LogP contribution in [0.5, 0.6) is 0 Å². The van der Waals surface area contributed by atoms with Gasteiger partial charge in [-0.3, -0.25) is 9.59 Å². The number of hydrogen-bond acceptors (Lipinski definition) is 5. The van der Waals surface area contributed by atoms with Crippen LogP contribution in [0.4, 0.5) is 0 Å². The topological polar surface area (TPSA) is 95.9 Å². The lowest BCUT2D eigenvalue weighted by Crippen LogP contribution is -2.45. The molecular formula is C86H167NO5. The maximum atomic E-state index is 12.5. The average molecular weight is 1300 g/mol. The number of hydrogen-bond donors (Lipinski definition) is 3. The van der Waals surface area contributed by atoms with Gasteiger partial charge >= 0.3 is 5.97 Å². The smallest absolute Gasteiger partial charge is 0.305 e. The van der Waals surface area contributed by atoms with E-state index in [-0.39, 0.29) is 18.5 Å². The van der Waals surface area contributed by atoms with Crippen LogP contribution in [0.1, 0.15) is 489 Å². The van der Waals surface area contributed by atoms with Gasteiger partial charge in [0.1, 0.15) is 0 Å². The van der Waals surface area contributed by atoms with Gasteiger partial charge in [0.25, 0.3) is 0 Å². The lowest BCUT2D eigenvalue weighted by molar-refractivity contribution is -0.143. The number of aliphatic hydroxyl groups is 2. The summed E-state index contributed by atoms with van der Waals surface area (Å²) in [6, 6.07) is -0.538. The predicted octanol–water partition coefficient (Wildman–Crippen LogP) is 28.4. The molecule has 6 nitrogen and oxygen atoms in total. The summed E-state index contributed by atoms with van der Waals surface area (Å²) < 4.78 is 5.52. The van der Waals surface area contributed by atoms with E-state index < -0.39 is 12.1 Å². The van der Waals surface area contributed by atoms with E-state index in [1.165, 1.54) is 417 Å². The highest BCUT2D eigenvalue weighted by atomic mass is 16.5. The van der Waals surface area contributed by atoms with Crippen LogP contribution in [0.3, 0.4) is 0 Å². The molecule has 2 atom stereocenters. The number of ether oxygens (including phenoxy) is 1. The molecule has 2 unspecified atom stereocenters. The number of allylic oxidation sites excluding steroid dienone is 4. The first kappa shape index (κ1) is 90.3. The van der Waals surface area contributed by atoms with Crippen LogP contribution in [-0.2, 0) is 14.3 Å². The second kappa shape index (κ2) is 81.8. The maximum absolute atomic E-state index is 12.5. The standard InChI is InChI=1S/C86H167NO5/c1-3-5-7-9-11-13-15-17-19-21-43-48-52-56-60-64-68-72-76-80-86(91)92-81-77-73-69-65-61-57-53-49-45-42-40-38-36-34-32-30-28-26-24-22-23-25-27-29-31-33-35-37-39-41-44-47-51-55-59-63-67-71-75-79-85(90)87-83(82-88)84(89)78-74-70-66-62-58-54-50-46-20-18-16-14-12-10-8-6-4-2/h17,19,22-23,83-84,88-89H,3-16,18,20-21,24-82H2,1-2H3,(H,87,90)/b19-17-,23-22-. The van der Waals surface area contributed by atoms with E-state index in [4.69, 9.17) is 4.74 Å². The first-order valence-electron chi connectivity index (χ1n) is 42.6. The minimum atomic E-state index is -0.661. The predicted molar refractivity (Wildman–Crippen MR) is 407 cm³/mol. The molecule has 0 aromatic carbocycles. The van der Waals surface area contributed by atoms with E-state index in [1.54, 1.807) is 0 Å². The van der Waals surface area contributed by atoms with Crippen molar-refractivity contribution in [2.45, 2.75) is 501 Å². The third-order valence-electron chi connectivity index (χ3n) is 20.2. The van der Waals surface area contributed by atoms with Crippen LogP contribution in [0, 0.1) is 0 Å². The number of carbonyl (C=O) groups excluding carboxylic acids is 2. The summed E-state index contributed by atoms with van der Waals surface area (Å²) in [5.41, 5.74) is 0. The second-order valence-corrected chi connectivity index (χ2v) is 29.5. The Morgan fingerprint density at radius 2 is 0.511 bits per heavy atom. The maximum Gasteiger partial charge on any atom is 0.305 e. The quantitative estimate of drug-likeness (QED) is 0.0320. The molecule has 6 heteroatoms. The van der Waals surface area contributed by atoms with Crippen molar-refractivity contribution < 1.29 is 24.5 Å². The van der Waals surface area contributed by atoms with Crippen LogP contribution in [0.15, 0.2) is 24.3 Å². The van der Waals surface area contributed by atoms with Gasteiger partial charge in [-0.15, -0.1) is 0 Å². The molecule has 3 N–H and O–H groups in total. The van der Waals surface area contributed by atoms with Crippen molar-refractivity contribution in [2.75, 3.05) is 13.2 Å². The molecule has 0 rings (SSSR count). The van der Waals surface area contributed by atoms with Crippen LogP contribution in [0.25, 0.3) is 0 Å². The summed E-state index contributed by atoms with van der Waals surface area (Å²) in [5, 5.41) is 23.4. The molecule has 0 aliphatic heterocycles. The molecule has 0 aliphatic carbocycles. The molecule has 92 heavy (non-hydrogen) atoms. The van der Waals surface area contributed by atoms with Gasteiger partial charge in [0, 0.05) is 12.8 Å². The van der Waals surface area contributed by atoms with E-state index in [9.17, 15) is 19.8 Å². The number of aliphatic hydroxyl groups excluding tert-OH is 2. The fourth-order valence-electron chi connectivity index (χ4n) is 13.8. The first-order chi connectivity index (χ1) is 45.5. The zero-order chi connectivity index (χ0) is 66.3. The summed E-state index contributed by atoms with van der Waals surface area (Å²) >= 11 is 0. The molecule has 0 radical (unpaired) electrons. The number of unbranched alkanes of at least 4 members (excludes halogenated alkanes) is 66. The van der Waals surface area contributed by atoms with Crippen molar-refractivity contribution >= 4 is 11.9 Å². The molecule has 0 aromatic heterocycles. The molecule has 0 fully saturated rings. The molecule has 0 heterocycles. The SMILES string of the molecule is CCCCCCCC/C=C\CCCCCCCCCCCC(=O)OCCCCCCCCCCCCCCCCCCCC/C=C\CCCCCCCCCCCCCCCCCCCC(=O)NC(CO)C(O)CCCCCCCCCCCCCCCCCCC. The second-order valence-electron chi connectivity index (χ2n) is 29.5. The normalized spacial score (nSPS) is 12.5. The van der Waals surface area contributed by atoms with Crippen molar-refractivity contribution in [1.82, 2.24) is 5.32 Å². The lowest BCUT2D eigenvalue weighted by atomic mass is 10.0. The van der Waals surface area contributed by atoms with Gasteiger partial charge in [0.15, 0.2) is 0 Å². The Bertz CT molecular complexity index is 1450. The highest BCUT2D eigenvalue weighted by Gasteiger charge is 2.20. The van der Waals surface area contributed by atoms with Crippen LogP contribution in [0.2, 0.25) is 0 Å². The molecule has 0 spiro atoms. The zero-order valence-corrected chi connectivity index (χ0v) is 62.8. The van der Waals surface area contributed by atoms with Crippen molar-refractivity contribution in [3.05, 3.63) is 24.3 Å². The van der Waals surface area contributed by atoms with Gasteiger partial charge < -0.3 is 20.3 Å². The molecule has 546 valence electrons. The fraction of sp³-hybridized carbons (Fsp3) is 0.930. The molecule has 0 saturated heterocycles. The first-order valence-corrected chi connectivity index (χ1v) is 42.6. The number of nitrogens with one attached hydrogen (secondary N) is 1.